The summed E-state index contributed by atoms with van der Waals surface area (Å²) in [5.74, 6) is -0.476. The van der Waals surface area contributed by atoms with Gasteiger partial charge >= 0.3 is 0 Å². The summed E-state index contributed by atoms with van der Waals surface area (Å²) in [6.45, 7) is 0.549. The molecule has 2 atom stereocenters. The van der Waals surface area contributed by atoms with Crippen LogP contribution >= 0.6 is 0 Å². The minimum absolute atomic E-state index is 0.0157. The summed E-state index contributed by atoms with van der Waals surface area (Å²) >= 11 is 0. The van der Waals surface area contributed by atoms with Gasteiger partial charge in [0.1, 0.15) is 0 Å². The van der Waals surface area contributed by atoms with Gasteiger partial charge in [0.05, 0.1) is 24.6 Å². The van der Waals surface area contributed by atoms with Gasteiger partial charge in [-0.3, -0.25) is 9.59 Å². The third-order valence-electron chi connectivity index (χ3n) is 7.03. The van der Waals surface area contributed by atoms with Gasteiger partial charge in [-0.25, -0.2) is 0 Å². The summed E-state index contributed by atoms with van der Waals surface area (Å²) in [6, 6.07) is 31.5. The minimum atomic E-state index is -0.616. The number of hydrogen-bond acceptors (Lipinski definition) is 6. The molecule has 214 valence electrons. The maximum atomic E-state index is 13.2. The van der Waals surface area contributed by atoms with Gasteiger partial charge in [0.15, 0.2) is 5.76 Å². The molecule has 0 bridgehead atoms. The van der Waals surface area contributed by atoms with E-state index in [4.69, 9.17) is 15.2 Å². The van der Waals surface area contributed by atoms with Gasteiger partial charge in [0.25, 0.3) is 11.8 Å². The number of ether oxygens (including phenoxy) is 2. The molecule has 0 radical (unpaired) electrons. The van der Waals surface area contributed by atoms with E-state index in [1.54, 1.807) is 48.5 Å². The SMILES string of the molecule is Nc1ccccc1NC(=O)c1ccc(CNC(=O)C2=CC(c3ccccc3)CC(OCc3ccc(CO)cc3)O2)cc1. The molecule has 0 spiro atoms. The molecule has 8 nitrogen and oxygen atoms in total. The maximum Gasteiger partial charge on any atom is 0.286 e. The van der Waals surface area contributed by atoms with Gasteiger partial charge in [-0.15, -0.1) is 0 Å². The summed E-state index contributed by atoms with van der Waals surface area (Å²) in [7, 11) is 0. The fourth-order valence-electron chi connectivity index (χ4n) is 4.63. The first-order valence-corrected chi connectivity index (χ1v) is 13.7. The molecule has 1 aliphatic rings. The molecule has 8 heteroatoms. The molecule has 0 aliphatic carbocycles. The van der Waals surface area contributed by atoms with E-state index >= 15 is 0 Å². The topological polar surface area (TPSA) is 123 Å². The van der Waals surface area contributed by atoms with Crippen molar-refractivity contribution >= 4 is 23.2 Å². The zero-order valence-corrected chi connectivity index (χ0v) is 23.0. The number of amides is 2. The molecule has 2 unspecified atom stereocenters. The number of carbonyl (C=O) groups excluding carboxylic acids is 2. The van der Waals surface area contributed by atoms with E-state index in [-0.39, 0.29) is 36.6 Å². The van der Waals surface area contributed by atoms with E-state index in [0.717, 1.165) is 22.3 Å². The van der Waals surface area contributed by atoms with Crippen molar-refractivity contribution in [3.05, 3.63) is 143 Å². The predicted octanol–water partition coefficient (Wildman–Crippen LogP) is 5.26. The van der Waals surface area contributed by atoms with Crippen molar-refractivity contribution < 1.29 is 24.2 Å². The Morgan fingerprint density at radius 3 is 2.21 bits per heavy atom. The number of hydrogen-bond donors (Lipinski definition) is 4. The van der Waals surface area contributed by atoms with Gasteiger partial charge in [0, 0.05) is 24.4 Å². The van der Waals surface area contributed by atoms with E-state index in [1.807, 2.05) is 60.7 Å². The van der Waals surface area contributed by atoms with Crippen LogP contribution in [-0.4, -0.2) is 23.2 Å². The van der Waals surface area contributed by atoms with Gasteiger partial charge in [-0.05, 0) is 52.6 Å². The van der Waals surface area contributed by atoms with Crippen molar-refractivity contribution in [2.24, 2.45) is 0 Å². The van der Waals surface area contributed by atoms with Crippen LogP contribution in [0.15, 0.2) is 115 Å². The molecule has 0 fully saturated rings. The Bertz CT molecular complexity index is 1540. The van der Waals surface area contributed by atoms with Gasteiger partial charge in [0.2, 0.25) is 6.29 Å². The predicted molar refractivity (Wildman–Crippen MR) is 161 cm³/mol. The summed E-state index contributed by atoms with van der Waals surface area (Å²) in [5, 5.41) is 15.0. The second-order valence-corrected chi connectivity index (χ2v) is 10.0. The standard InChI is InChI=1S/C34H33N3O5/c35-29-8-4-5-9-30(29)37-33(39)27-16-14-23(15-17-27)20-36-34(40)31-18-28(26-6-2-1-3-7-26)19-32(42-31)41-22-25-12-10-24(21-38)11-13-25/h1-18,28,32,38H,19-22,35H2,(H,36,40)(H,37,39). The fraction of sp³-hybridized carbons (Fsp3) is 0.176. The quantitative estimate of drug-likeness (QED) is 0.195. The van der Waals surface area contributed by atoms with Crippen LogP contribution in [-0.2, 0) is 34.0 Å². The average Bonchev–Trinajstić information content (AvgIpc) is 3.04. The number of carbonyl (C=O) groups is 2. The minimum Gasteiger partial charge on any atom is -0.459 e. The number of nitrogens with one attached hydrogen (secondary N) is 2. The number of allylic oxidation sites excluding steroid dienone is 1. The first kappa shape index (κ1) is 28.6. The number of rotatable bonds is 10. The van der Waals surface area contributed by atoms with Crippen LogP contribution in [0.2, 0.25) is 0 Å². The average molecular weight is 564 g/mol. The zero-order chi connectivity index (χ0) is 29.3. The molecule has 42 heavy (non-hydrogen) atoms. The lowest BCUT2D eigenvalue weighted by Gasteiger charge is -2.29. The number of nitrogens with two attached hydrogens (primary N) is 1. The van der Waals surface area contributed by atoms with Crippen LogP contribution in [0.3, 0.4) is 0 Å². The zero-order valence-electron chi connectivity index (χ0n) is 23.0. The lowest BCUT2D eigenvalue weighted by atomic mass is 9.93. The number of nitrogen functional groups attached to an aromatic ring is 1. The number of aliphatic hydroxyl groups is 1. The van der Waals surface area contributed by atoms with Crippen molar-refractivity contribution in [2.75, 3.05) is 11.1 Å². The largest absolute Gasteiger partial charge is 0.459 e. The third-order valence-corrected chi connectivity index (χ3v) is 7.03. The van der Waals surface area contributed by atoms with Crippen molar-refractivity contribution in [1.82, 2.24) is 5.32 Å². The molecule has 1 aliphatic heterocycles. The van der Waals surface area contributed by atoms with E-state index in [1.165, 1.54) is 0 Å². The molecule has 0 saturated heterocycles. The summed E-state index contributed by atoms with van der Waals surface area (Å²) in [6.07, 6.45) is 1.78. The lowest BCUT2D eigenvalue weighted by molar-refractivity contribution is -0.150. The second-order valence-electron chi connectivity index (χ2n) is 10.0. The molecule has 4 aromatic carbocycles. The highest BCUT2D eigenvalue weighted by Gasteiger charge is 2.28. The Morgan fingerprint density at radius 2 is 1.50 bits per heavy atom. The van der Waals surface area contributed by atoms with Gasteiger partial charge in [-0.1, -0.05) is 78.9 Å². The summed E-state index contributed by atoms with van der Waals surface area (Å²) in [4.78, 5) is 25.8. The van der Waals surface area contributed by atoms with Crippen LogP contribution in [0.25, 0.3) is 0 Å². The monoisotopic (exact) mass is 563 g/mol. The number of anilines is 2. The molecular formula is C34H33N3O5. The normalized spacial score (nSPS) is 16.2. The van der Waals surface area contributed by atoms with E-state index in [0.29, 0.717) is 30.0 Å². The molecule has 4 aromatic rings. The maximum absolute atomic E-state index is 13.2. The van der Waals surface area contributed by atoms with E-state index in [9.17, 15) is 14.7 Å². The van der Waals surface area contributed by atoms with Crippen molar-refractivity contribution in [2.45, 2.75) is 38.4 Å². The van der Waals surface area contributed by atoms with Crippen molar-refractivity contribution in [3.63, 3.8) is 0 Å². The summed E-state index contributed by atoms with van der Waals surface area (Å²) in [5.41, 5.74) is 11.1. The highest BCUT2D eigenvalue weighted by Crippen LogP contribution is 2.32. The Kier molecular flexibility index (Phi) is 9.28. The van der Waals surface area contributed by atoms with Gasteiger partial charge < -0.3 is 30.9 Å². The van der Waals surface area contributed by atoms with Crippen LogP contribution in [0, 0.1) is 0 Å². The molecule has 1 heterocycles. The molecular weight excluding hydrogens is 530 g/mol. The molecule has 5 N–H and O–H groups in total. The number of aliphatic hydroxyl groups excluding tert-OH is 1. The smallest absolute Gasteiger partial charge is 0.286 e. The van der Waals surface area contributed by atoms with Crippen LogP contribution in [0.1, 0.15) is 45.0 Å². The summed E-state index contributed by atoms with van der Waals surface area (Å²) < 4.78 is 12.1. The Hall–Kier alpha value is -4.92. The lowest BCUT2D eigenvalue weighted by Crippen LogP contribution is -2.32. The molecule has 5 rings (SSSR count). The Labute approximate surface area is 244 Å². The second kappa shape index (κ2) is 13.6. The Balaban J connectivity index is 1.21. The third kappa shape index (κ3) is 7.42. The fourth-order valence-corrected chi connectivity index (χ4v) is 4.63. The van der Waals surface area contributed by atoms with Crippen LogP contribution < -0.4 is 16.4 Å². The van der Waals surface area contributed by atoms with Crippen LogP contribution in [0.4, 0.5) is 11.4 Å². The number of benzene rings is 4. The van der Waals surface area contributed by atoms with Crippen molar-refractivity contribution in [1.29, 1.82) is 0 Å². The Morgan fingerprint density at radius 1 is 0.833 bits per heavy atom. The first-order valence-electron chi connectivity index (χ1n) is 13.7. The highest BCUT2D eigenvalue weighted by atomic mass is 16.7. The van der Waals surface area contributed by atoms with E-state index < -0.39 is 6.29 Å². The molecule has 0 saturated carbocycles. The van der Waals surface area contributed by atoms with Crippen molar-refractivity contribution in [3.8, 4) is 0 Å². The molecule has 2 amide bonds. The number of para-hydroxylation sites is 2. The first-order chi connectivity index (χ1) is 20.5. The highest BCUT2D eigenvalue weighted by molar-refractivity contribution is 6.05. The molecule has 0 aromatic heterocycles. The van der Waals surface area contributed by atoms with Crippen LogP contribution in [0.5, 0.6) is 0 Å². The van der Waals surface area contributed by atoms with Gasteiger partial charge in [-0.2, -0.15) is 0 Å². The van der Waals surface area contributed by atoms with E-state index in [2.05, 4.69) is 10.6 Å².